The number of hydrogen-bond donors (Lipinski definition) is 0. The van der Waals surface area contributed by atoms with E-state index in [2.05, 4.69) is 10.1 Å². The van der Waals surface area contributed by atoms with Crippen molar-refractivity contribution in [1.29, 1.82) is 0 Å². The Balaban J connectivity index is 1.34. The maximum Gasteiger partial charge on any atom is 0.242 e. The number of aromatic nitrogens is 4. The van der Waals surface area contributed by atoms with Gasteiger partial charge in [-0.15, -0.1) is 0 Å². The molecule has 0 unspecified atom stereocenters. The molecular weight excluding hydrogens is 302 g/mol. The van der Waals surface area contributed by atoms with Crippen molar-refractivity contribution in [2.45, 2.75) is 25.9 Å². The SMILES string of the molecule is O=C(Cn1cnc2ccccc21)N1CCC(Cn2cccn2)CC1. The second-order valence-electron chi connectivity index (χ2n) is 6.41. The average Bonchev–Trinajstić information content (AvgIpc) is 3.26. The number of likely N-dealkylation sites (tertiary alicyclic amines) is 1. The average molecular weight is 323 g/mol. The van der Waals surface area contributed by atoms with Gasteiger partial charge in [-0.05, 0) is 37.0 Å². The number of piperidine rings is 1. The fourth-order valence-corrected chi connectivity index (χ4v) is 3.42. The minimum absolute atomic E-state index is 0.177. The first kappa shape index (κ1) is 14.9. The number of amides is 1. The molecule has 0 saturated carbocycles. The van der Waals surface area contributed by atoms with Gasteiger partial charge in [0.1, 0.15) is 6.54 Å². The molecule has 6 nitrogen and oxygen atoms in total. The summed E-state index contributed by atoms with van der Waals surface area (Å²) in [6.45, 7) is 2.97. The first-order valence-corrected chi connectivity index (χ1v) is 8.44. The summed E-state index contributed by atoms with van der Waals surface area (Å²) in [5.41, 5.74) is 1.95. The van der Waals surface area contributed by atoms with Crippen LogP contribution in [0.2, 0.25) is 0 Å². The van der Waals surface area contributed by atoms with Gasteiger partial charge in [-0.25, -0.2) is 4.98 Å². The molecule has 1 aliphatic heterocycles. The molecule has 3 aromatic rings. The number of imidazole rings is 1. The van der Waals surface area contributed by atoms with E-state index in [1.165, 1.54) is 0 Å². The number of nitrogens with zero attached hydrogens (tertiary/aromatic N) is 5. The van der Waals surface area contributed by atoms with Gasteiger partial charge in [0, 0.05) is 32.0 Å². The summed E-state index contributed by atoms with van der Waals surface area (Å²) in [6, 6.07) is 9.87. The quantitative estimate of drug-likeness (QED) is 0.739. The van der Waals surface area contributed by atoms with Crippen LogP contribution >= 0.6 is 0 Å². The van der Waals surface area contributed by atoms with Crippen LogP contribution in [-0.2, 0) is 17.9 Å². The molecule has 1 amide bonds. The molecule has 1 saturated heterocycles. The van der Waals surface area contributed by atoms with Crippen molar-refractivity contribution < 1.29 is 4.79 Å². The standard InChI is InChI=1S/C18H21N5O/c24-18(13-22-14-19-16-4-1-2-5-17(16)22)21-10-6-15(7-11-21)12-23-9-3-8-20-23/h1-5,8-9,14-15H,6-7,10-13H2. The highest BCUT2D eigenvalue weighted by Crippen LogP contribution is 2.20. The lowest BCUT2D eigenvalue weighted by molar-refractivity contribution is -0.133. The van der Waals surface area contributed by atoms with E-state index in [1.54, 1.807) is 6.33 Å². The van der Waals surface area contributed by atoms with Crippen molar-refractivity contribution in [3.8, 4) is 0 Å². The molecule has 2 aromatic heterocycles. The first-order valence-electron chi connectivity index (χ1n) is 8.44. The Bertz CT molecular complexity index is 815. The highest BCUT2D eigenvalue weighted by Gasteiger charge is 2.23. The van der Waals surface area contributed by atoms with Crippen molar-refractivity contribution in [2.24, 2.45) is 5.92 Å². The Kier molecular flexibility index (Phi) is 4.02. The van der Waals surface area contributed by atoms with Gasteiger partial charge >= 0.3 is 0 Å². The maximum atomic E-state index is 12.6. The molecule has 0 N–H and O–H groups in total. The summed E-state index contributed by atoms with van der Waals surface area (Å²) in [5.74, 6) is 0.777. The number of hydrogen-bond acceptors (Lipinski definition) is 3. The molecule has 1 fully saturated rings. The van der Waals surface area contributed by atoms with Crippen molar-refractivity contribution in [1.82, 2.24) is 24.2 Å². The largest absolute Gasteiger partial charge is 0.341 e. The molecule has 6 heteroatoms. The number of para-hydroxylation sites is 2. The van der Waals surface area contributed by atoms with Crippen LogP contribution in [0.25, 0.3) is 11.0 Å². The van der Waals surface area contributed by atoms with Gasteiger partial charge in [-0.1, -0.05) is 12.1 Å². The summed E-state index contributed by atoms with van der Waals surface area (Å²) in [6.07, 6.45) is 7.65. The van der Waals surface area contributed by atoms with Crippen molar-refractivity contribution >= 4 is 16.9 Å². The minimum atomic E-state index is 0.177. The molecule has 1 aromatic carbocycles. The van der Waals surface area contributed by atoms with E-state index >= 15 is 0 Å². The zero-order valence-electron chi connectivity index (χ0n) is 13.6. The molecule has 0 bridgehead atoms. The molecule has 4 rings (SSSR count). The molecule has 0 aliphatic carbocycles. The summed E-state index contributed by atoms with van der Waals surface area (Å²) >= 11 is 0. The highest BCUT2D eigenvalue weighted by atomic mass is 16.2. The van der Waals surface area contributed by atoms with Crippen LogP contribution in [-0.4, -0.2) is 43.2 Å². The number of fused-ring (bicyclic) bond motifs is 1. The fourth-order valence-electron chi connectivity index (χ4n) is 3.42. The van der Waals surface area contributed by atoms with Crippen LogP contribution in [0.3, 0.4) is 0 Å². The van der Waals surface area contributed by atoms with Gasteiger partial charge in [0.25, 0.3) is 0 Å². The lowest BCUT2D eigenvalue weighted by atomic mass is 9.97. The molecular formula is C18H21N5O. The van der Waals surface area contributed by atoms with Gasteiger partial charge in [-0.3, -0.25) is 9.48 Å². The Morgan fingerprint density at radius 3 is 2.79 bits per heavy atom. The minimum Gasteiger partial charge on any atom is -0.341 e. The zero-order valence-corrected chi connectivity index (χ0v) is 13.6. The van der Waals surface area contributed by atoms with Crippen molar-refractivity contribution in [3.05, 3.63) is 49.1 Å². The summed E-state index contributed by atoms with van der Waals surface area (Å²) in [5, 5.41) is 4.27. The van der Waals surface area contributed by atoms with E-state index in [0.29, 0.717) is 12.5 Å². The van der Waals surface area contributed by atoms with Crippen LogP contribution < -0.4 is 0 Å². The molecule has 1 aliphatic rings. The summed E-state index contributed by atoms with van der Waals surface area (Å²) in [4.78, 5) is 18.9. The maximum absolute atomic E-state index is 12.6. The fraction of sp³-hybridized carbons (Fsp3) is 0.389. The normalized spacial score (nSPS) is 15.9. The predicted molar refractivity (Wildman–Crippen MR) is 91.3 cm³/mol. The van der Waals surface area contributed by atoms with Gasteiger partial charge in [0.15, 0.2) is 0 Å². The third kappa shape index (κ3) is 3.04. The van der Waals surface area contributed by atoms with E-state index < -0.39 is 0 Å². The number of rotatable bonds is 4. The zero-order chi connectivity index (χ0) is 16.4. The summed E-state index contributed by atoms with van der Waals surface area (Å²) < 4.78 is 3.92. The van der Waals surface area contributed by atoms with Crippen molar-refractivity contribution in [3.63, 3.8) is 0 Å². The molecule has 0 spiro atoms. The van der Waals surface area contributed by atoms with Gasteiger partial charge in [0.05, 0.1) is 17.4 Å². The first-order chi connectivity index (χ1) is 11.8. The number of benzene rings is 1. The Morgan fingerprint density at radius 1 is 1.17 bits per heavy atom. The van der Waals surface area contributed by atoms with Crippen LogP contribution in [0.4, 0.5) is 0 Å². The Labute approximate surface area is 140 Å². The molecule has 3 heterocycles. The van der Waals surface area contributed by atoms with E-state index in [1.807, 2.05) is 56.9 Å². The van der Waals surface area contributed by atoms with Crippen LogP contribution in [0.5, 0.6) is 0 Å². The molecule has 124 valence electrons. The van der Waals surface area contributed by atoms with Crippen molar-refractivity contribution in [2.75, 3.05) is 13.1 Å². The van der Waals surface area contributed by atoms with Crippen LogP contribution in [0.1, 0.15) is 12.8 Å². The smallest absolute Gasteiger partial charge is 0.242 e. The monoisotopic (exact) mass is 323 g/mol. The number of carbonyl (C=O) groups excluding carboxylic acids is 1. The van der Waals surface area contributed by atoms with E-state index in [0.717, 1.165) is 43.5 Å². The third-order valence-electron chi connectivity index (χ3n) is 4.80. The Hall–Kier alpha value is -2.63. The molecule has 0 atom stereocenters. The third-order valence-corrected chi connectivity index (χ3v) is 4.80. The second-order valence-corrected chi connectivity index (χ2v) is 6.41. The van der Waals surface area contributed by atoms with Gasteiger partial charge in [-0.2, -0.15) is 5.10 Å². The van der Waals surface area contributed by atoms with Gasteiger partial charge in [0.2, 0.25) is 5.91 Å². The molecule has 24 heavy (non-hydrogen) atoms. The van der Waals surface area contributed by atoms with E-state index in [9.17, 15) is 4.79 Å². The second kappa shape index (κ2) is 6.47. The topological polar surface area (TPSA) is 56.0 Å². The number of carbonyl (C=O) groups is 1. The highest BCUT2D eigenvalue weighted by molar-refractivity contribution is 5.80. The van der Waals surface area contributed by atoms with E-state index in [-0.39, 0.29) is 5.91 Å². The van der Waals surface area contributed by atoms with Crippen LogP contribution in [0.15, 0.2) is 49.1 Å². The lowest BCUT2D eigenvalue weighted by Gasteiger charge is -2.32. The molecule has 0 radical (unpaired) electrons. The van der Waals surface area contributed by atoms with Crippen LogP contribution in [0, 0.1) is 5.92 Å². The lowest BCUT2D eigenvalue weighted by Crippen LogP contribution is -2.40. The Morgan fingerprint density at radius 2 is 2.00 bits per heavy atom. The predicted octanol–water partition coefficient (Wildman–Crippen LogP) is 2.17. The summed E-state index contributed by atoms with van der Waals surface area (Å²) in [7, 11) is 0. The van der Waals surface area contributed by atoms with E-state index in [4.69, 9.17) is 0 Å². The van der Waals surface area contributed by atoms with Gasteiger partial charge < -0.3 is 9.47 Å².